The summed E-state index contributed by atoms with van der Waals surface area (Å²) in [5, 5.41) is 6.96. The highest BCUT2D eigenvalue weighted by atomic mass is 19.3. The molecule has 0 aliphatic heterocycles. The van der Waals surface area contributed by atoms with Crippen LogP contribution in [-0.4, -0.2) is 36.1 Å². The predicted octanol–water partition coefficient (Wildman–Crippen LogP) is -0.227. The van der Waals surface area contributed by atoms with E-state index in [4.69, 9.17) is 5.73 Å². The van der Waals surface area contributed by atoms with Crippen molar-refractivity contribution in [2.24, 2.45) is 12.8 Å². The van der Waals surface area contributed by atoms with E-state index in [-0.39, 0.29) is 18.6 Å². The van der Waals surface area contributed by atoms with E-state index in [9.17, 15) is 23.2 Å². The molecule has 1 amide bonds. The zero-order valence-corrected chi connectivity index (χ0v) is 12.4. The van der Waals surface area contributed by atoms with E-state index in [1.54, 1.807) is 0 Å². The molecule has 0 unspecified atom stereocenters. The van der Waals surface area contributed by atoms with Gasteiger partial charge in [0, 0.05) is 19.9 Å². The quantitative estimate of drug-likeness (QED) is 0.781. The lowest BCUT2D eigenvalue weighted by atomic mass is 10.1. The summed E-state index contributed by atoms with van der Waals surface area (Å²) in [4.78, 5) is 37.8. The number of nitrogens with zero attached hydrogens (tertiary/aromatic N) is 5. The molecule has 124 valence electrons. The first-order chi connectivity index (χ1) is 10.6. The third-order valence-corrected chi connectivity index (χ3v) is 3.17. The van der Waals surface area contributed by atoms with E-state index in [2.05, 4.69) is 15.3 Å². The van der Waals surface area contributed by atoms with Crippen LogP contribution in [0.15, 0.2) is 4.79 Å². The standard InChI is InChI=1S/C12H14F2N6O3/c1-6(21)4-3-5-12(13,14)10-16-7(8(15)22)9-17-18-19(2)11(23)20(9)10/h3-5H2,1-2H3,(H2,15,22). The number of imidazole rings is 1. The molecule has 0 aromatic carbocycles. The first-order valence-electron chi connectivity index (χ1n) is 6.65. The van der Waals surface area contributed by atoms with Crippen LogP contribution in [0.5, 0.6) is 0 Å². The molecule has 2 rings (SSSR count). The van der Waals surface area contributed by atoms with Crippen LogP contribution in [0.4, 0.5) is 8.78 Å². The number of ketones is 1. The molecule has 2 aromatic heterocycles. The Balaban J connectivity index is 2.59. The van der Waals surface area contributed by atoms with Gasteiger partial charge in [-0.2, -0.15) is 13.5 Å². The highest BCUT2D eigenvalue weighted by molar-refractivity contribution is 5.96. The summed E-state index contributed by atoms with van der Waals surface area (Å²) in [6, 6.07) is 0. The van der Waals surface area contributed by atoms with Crippen molar-refractivity contribution in [2.45, 2.75) is 32.1 Å². The van der Waals surface area contributed by atoms with Gasteiger partial charge in [-0.25, -0.2) is 14.2 Å². The van der Waals surface area contributed by atoms with Crippen LogP contribution in [-0.2, 0) is 17.8 Å². The maximum atomic E-state index is 14.4. The number of carbonyl (C=O) groups excluding carboxylic acids is 2. The van der Waals surface area contributed by atoms with Gasteiger partial charge in [-0.3, -0.25) is 4.79 Å². The molecule has 0 bridgehead atoms. The molecular weight excluding hydrogens is 314 g/mol. The highest BCUT2D eigenvalue weighted by Crippen LogP contribution is 2.32. The summed E-state index contributed by atoms with van der Waals surface area (Å²) < 4.78 is 30.0. The van der Waals surface area contributed by atoms with Crippen LogP contribution in [0.2, 0.25) is 0 Å². The van der Waals surface area contributed by atoms with Crippen molar-refractivity contribution in [2.75, 3.05) is 0 Å². The van der Waals surface area contributed by atoms with Crippen molar-refractivity contribution in [1.29, 1.82) is 0 Å². The number of hydrogen-bond acceptors (Lipinski definition) is 6. The molecule has 2 heterocycles. The van der Waals surface area contributed by atoms with Gasteiger partial charge in [0.2, 0.25) is 0 Å². The smallest absolute Gasteiger partial charge is 0.353 e. The van der Waals surface area contributed by atoms with E-state index in [1.165, 1.54) is 14.0 Å². The van der Waals surface area contributed by atoms with Crippen LogP contribution in [0.25, 0.3) is 5.65 Å². The van der Waals surface area contributed by atoms with Crippen molar-refractivity contribution >= 4 is 17.3 Å². The second-order valence-corrected chi connectivity index (χ2v) is 5.06. The van der Waals surface area contributed by atoms with E-state index >= 15 is 0 Å². The molecule has 0 atom stereocenters. The fourth-order valence-corrected chi connectivity index (χ4v) is 2.06. The van der Waals surface area contributed by atoms with Gasteiger partial charge in [-0.15, -0.1) is 5.10 Å². The summed E-state index contributed by atoms with van der Waals surface area (Å²) >= 11 is 0. The zero-order valence-electron chi connectivity index (χ0n) is 12.4. The second kappa shape index (κ2) is 5.82. The SMILES string of the molecule is CC(=O)CCCC(F)(F)c1nc(C(N)=O)c2nnn(C)c(=O)n12. The summed E-state index contributed by atoms with van der Waals surface area (Å²) in [6.45, 7) is 1.29. The van der Waals surface area contributed by atoms with Gasteiger partial charge in [0.15, 0.2) is 17.2 Å². The van der Waals surface area contributed by atoms with Crippen LogP contribution >= 0.6 is 0 Å². The number of aromatic nitrogens is 5. The van der Waals surface area contributed by atoms with Gasteiger partial charge in [-0.05, 0) is 13.3 Å². The molecule has 0 spiro atoms. The van der Waals surface area contributed by atoms with E-state index in [0.717, 1.165) is 4.68 Å². The topological polar surface area (TPSA) is 125 Å². The van der Waals surface area contributed by atoms with Crippen molar-refractivity contribution in [3.8, 4) is 0 Å². The maximum Gasteiger partial charge on any atom is 0.353 e. The van der Waals surface area contributed by atoms with Gasteiger partial charge in [-0.1, -0.05) is 5.21 Å². The number of aryl methyl sites for hydroxylation is 1. The van der Waals surface area contributed by atoms with Gasteiger partial charge < -0.3 is 10.5 Å². The van der Waals surface area contributed by atoms with E-state index in [0.29, 0.717) is 4.40 Å². The monoisotopic (exact) mass is 328 g/mol. The maximum absolute atomic E-state index is 14.4. The Hall–Kier alpha value is -2.72. The number of fused-ring (bicyclic) bond motifs is 1. The number of hydrogen-bond donors (Lipinski definition) is 1. The third kappa shape index (κ3) is 3.07. The number of primary amides is 1. The summed E-state index contributed by atoms with van der Waals surface area (Å²) in [7, 11) is 1.22. The fourth-order valence-electron chi connectivity index (χ4n) is 2.06. The second-order valence-electron chi connectivity index (χ2n) is 5.06. The summed E-state index contributed by atoms with van der Waals surface area (Å²) in [6.07, 6.45) is -0.837. The highest BCUT2D eigenvalue weighted by Gasteiger charge is 2.39. The lowest BCUT2D eigenvalue weighted by Gasteiger charge is -2.14. The van der Waals surface area contributed by atoms with Gasteiger partial charge in [0.25, 0.3) is 5.91 Å². The Labute approximate surface area is 128 Å². The summed E-state index contributed by atoms with van der Waals surface area (Å²) in [5.74, 6) is -5.81. The van der Waals surface area contributed by atoms with Crippen LogP contribution in [0, 0.1) is 0 Å². The van der Waals surface area contributed by atoms with Crippen LogP contribution in [0.1, 0.15) is 42.5 Å². The normalized spacial score (nSPS) is 11.8. The minimum Gasteiger partial charge on any atom is -0.364 e. The average Bonchev–Trinajstić information content (AvgIpc) is 2.83. The van der Waals surface area contributed by atoms with Gasteiger partial charge in [0.1, 0.15) is 5.78 Å². The Kier molecular flexibility index (Phi) is 4.21. The lowest BCUT2D eigenvalue weighted by Crippen LogP contribution is -2.31. The van der Waals surface area contributed by atoms with Gasteiger partial charge in [0.05, 0.1) is 0 Å². The van der Waals surface area contributed by atoms with Crippen molar-refractivity contribution in [1.82, 2.24) is 24.4 Å². The van der Waals surface area contributed by atoms with E-state index in [1.807, 2.05) is 0 Å². The lowest BCUT2D eigenvalue weighted by molar-refractivity contribution is -0.117. The van der Waals surface area contributed by atoms with Gasteiger partial charge >= 0.3 is 11.6 Å². The van der Waals surface area contributed by atoms with E-state index < -0.39 is 41.1 Å². The molecule has 2 aromatic rings. The summed E-state index contributed by atoms with van der Waals surface area (Å²) in [5.41, 5.74) is 3.16. The van der Waals surface area contributed by atoms with Crippen LogP contribution < -0.4 is 11.4 Å². The fraction of sp³-hybridized carbons (Fsp3) is 0.500. The molecule has 0 radical (unpaired) electrons. The predicted molar refractivity (Wildman–Crippen MR) is 73.0 cm³/mol. The molecule has 0 fully saturated rings. The number of halogens is 2. The molecule has 2 N–H and O–H groups in total. The minimum absolute atomic E-state index is 0.0284. The number of amides is 1. The molecular formula is C12H14F2N6O3. The number of alkyl halides is 2. The Morgan fingerprint density at radius 3 is 2.57 bits per heavy atom. The number of Topliss-reactive ketones (excluding diaryl/α,β-unsaturated/α-hetero) is 1. The number of rotatable bonds is 6. The molecule has 23 heavy (non-hydrogen) atoms. The molecule has 9 nitrogen and oxygen atoms in total. The first-order valence-corrected chi connectivity index (χ1v) is 6.65. The molecule has 0 aliphatic carbocycles. The Bertz CT molecular complexity index is 841. The largest absolute Gasteiger partial charge is 0.364 e. The molecule has 0 saturated heterocycles. The van der Waals surface area contributed by atoms with Crippen molar-refractivity contribution in [3.63, 3.8) is 0 Å². The van der Waals surface area contributed by atoms with Crippen LogP contribution in [0.3, 0.4) is 0 Å². The average molecular weight is 328 g/mol. The number of carbonyl (C=O) groups is 2. The Morgan fingerprint density at radius 2 is 2.00 bits per heavy atom. The Morgan fingerprint density at radius 1 is 1.35 bits per heavy atom. The molecule has 0 saturated carbocycles. The van der Waals surface area contributed by atoms with Crippen molar-refractivity contribution in [3.05, 3.63) is 22.0 Å². The molecule has 11 heteroatoms. The van der Waals surface area contributed by atoms with Crippen molar-refractivity contribution < 1.29 is 18.4 Å². The zero-order chi connectivity index (χ0) is 17.4. The first kappa shape index (κ1) is 16.6. The number of nitrogens with two attached hydrogens (primary N) is 1. The molecule has 0 aliphatic rings. The third-order valence-electron chi connectivity index (χ3n) is 3.17. The minimum atomic E-state index is -3.54.